The Hall–Kier alpha value is -1.40. The maximum Gasteiger partial charge on any atom is 0.221 e. The number of nitrogens with one attached hydrogen (secondary N) is 2. The molecule has 0 atom stereocenters. The van der Waals surface area contributed by atoms with Crippen molar-refractivity contribution in [2.45, 2.75) is 24.8 Å². The summed E-state index contributed by atoms with van der Waals surface area (Å²) in [5.41, 5.74) is 1.14. The zero-order valence-electron chi connectivity index (χ0n) is 13.1. The van der Waals surface area contributed by atoms with E-state index in [-0.39, 0.29) is 5.91 Å². The van der Waals surface area contributed by atoms with Crippen molar-refractivity contribution in [3.05, 3.63) is 17.7 Å². The minimum absolute atomic E-state index is 0.0717. The number of rotatable bonds is 9. The average Bonchev–Trinajstić information content (AvgIpc) is 2.51. The Labute approximate surface area is 130 Å². The highest BCUT2D eigenvalue weighted by Gasteiger charge is 2.10. The van der Waals surface area contributed by atoms with Gasteiger partial charge >= 0.3 is 0 Å². The SMILES string of the molecule is CCNC(=O)CCNCc1cc(OC)c(OC)cc1SC. The number of hydrogen-bond acceptors (Lipinski definition) is 5. The van der Waals surface area contributed by atoms with E-state index in [1.807, 2.05) is 25.3 Å². The van der Waals surface area contributed by atoms with E-state index in [0.29, 0.717) is 26.1 Å². The van der Waals surface area contributed by atoms with E-state index in [0.717, 1.165) is 22.0 Å². The van der Waals surface area contributed by atoms with Gasteiger partial charge in [-0.15, -0.1) is 11.8 Å². The molecule has 0 heterocycles. The molecule has 21 heavy (non-hydrogen) atoms. The van der Waals surface area contributed by atoms with Crippen LogP contribution in [0.3, 0.4) is 0 Å². The van der Waals surface area contributed by atoms with E-state index in [2.05, 4.69) is 10.6 Å². The summed E-state index contributed by atoms with van der Waals surface area (Å²) in [5, 5.41) is 6.06. The number of carbonyl (C=O) groups excluding carboxylic acids is 1. The maximum absolute atomic E-state index is 11.4. The Kier molecular flexibility index (Phi) is 8.00. The van der Waals surface area contributed by atoms with E-state index < -0.39 is 0 Å². The summed E-state index contributed by atoms with van der Waals surface area (Å²) < 4.78 is 10.6. The van der Waals surface area contributed by atoms with E-state index in [1.54, 1.807) is 26.0 Å². The lowest BCUT2D eigenvalue weighted by atomic mass is 10.2. The van der Waals surface area contributed by atoms with E-state index in [9.17, 15) is 4.79 Å². The summed E-state index contributed by atoms with van der Waals surface area (Å²) in [6.45, 7) is 3.93. The third-order valence-corrected chi connectivity index (χ3v) is 3.82. The summed E-state index contributed by atoms with van der Waals surface area (Å²) in [7, 11) is 3.26. The lowest BCUT2D eigenvalue weighted by Crippen LogP contribution is -2.27. The van der Waals surface area contributed by atoms with Crippen LogP contribution in [0.2, 0.25) is 0 Å². The van der Waals surface area contributed by atoms with Crippen LogP contribution in [0.4, 0.5) is 0 Å². The highest BCUT2D eigenvalue weighted by Crippen LogP contribution is 2.34. The standard InChI is InChI=1S/C15H24N2O3S/c1-5-17-15(18)6-7-16-10-11-8-12(19-2)13(20-3)9-14(11)21-4/h8-9,16H,5-7,10H2,1-4H3,(H,17,18). The molecule has 1 aromatic carbocycles. The van der Waals surface area contributed by atoms with Crippen LogP contribution < -0.4 is 20.1 Å². The number of hydrogen-bond donors (Lipinski definition) is 2. The molecule has 0 bridgehead atoms. The molecule has 1 aromatic rings. The first kappa shape index (κ1) is 17.7. The van der Waals surface area contributed by atoms with Gasteiger partial charge in [-0.2, -0.15) is 0 Å². The molecule has 118 valence electrons. The summed E-state index contributed by atoms with van der Waals surface area (Å²) >= 11 is 1.66. The van der Waals surface area contributed by atoms with Crippen molar-refractivity contribution >= 4 is 17.7 Å². The van der Waals surface area contributed by atoms with Gasteiger partial charge in [0.2, 0.25) is 5.91 Å². The Morgan fingerprint density at radius 2 is 1.90 bits per heavy atom. The second-order valence-electron chi connectivity index (χ2n) is 4.40. The van der Waals surface area contributed by atoms with Gasteiger partial charge in [0.05, 0.1) is 14.2 Å². The van der Waals surface area contributed by atoms with Crippen LogP contribution in [0.5, 0.6) is 11.5 Å². The van der Waals surface area contributed by atoms with Crippen molar-refractivity contribution in [2.24, 2.45) is 0 Å². The average molecular weight is 312 g/mol. The molecule has 6 heteroatoms. The second-order valence-corrected chi connectivity index (χ2v) is 5.25. The largest absolute Gasteiger partial charge is 0.493 e. The highest BCUT2D eigenvalue weighted by molar-refractivity contribution is 7.98. The number of thioether (sulfide) groups is 1. The van der Waals surface area contributed by atoms with Crippen molar-refractivity contribution in [1.29, 1.82) is 0 Å². The normalized spacial score (nSPS) is 10.3. The Bertz CT molecular complexity index is 466. The first-order valence-corrected chi connectivity index (χ1v) is 8.15. The second kappa shape index (κ2) is 9.52. The van der Waals surface area contributed by atoms with Gasteiger partial charge in [0.25, 0.3) is 0 Å². The number of benzene rings is 1. The van der Waals surface area contributed by atoms with Crippen LogP contribution in [0.25, 0.3) is 0 Å². The monoisotopic (exact) mass is 312 g/mol. The zero-order chi connectivity index (χ0) is 15.7. The van der Waals surface area contributed by atoms with E-state index in [1.165, 1.54) is 0 Å². The van der Waals surface area contributed by atoms with Gasteiger partial charge in [-0.3, -0.25) is 4.79 Å². The Morgan fingerprint density at radius 3 is 2.48 bits per heavy atom. The van der Waals surface area contributed by atoms with Gasteiger partial charge in [-0.05, 0) is 30.9 Å². The van der Waals surface area contributed by atoms with Crippen molar-refractivity contribution in [1.82, 2.24) is 10.6 Å². The molecule has 1 rings (SSSR count). The maximum atomic E-state index is 11.4. The quantitative estimate of drug-likeness (QED) is 0.540. The summed E-state index contributed by atoms with van der Waals surface area (Å²) in [6.07, 6.45) is 2.51. The highest BCUT2D eigenvalue weighted by atomic mass is 32.2. The van der Waals surface area contributed by atoms with Crippen molar-refractivity contribution in [3.63, 3.8) is 0 Å². The van der Waals surface area contributed by atoms with Crippen LogP contribution in [-0.2, 0) is 11.3 Å². The fourth-order valence-corrected chi connectivity index (χ4v) is 2.56. The van der Waals surface area contributed by atoms with Gasteiger partial charge in [0, 0.05) is 31.0 Å². The predicted molar refractivity (Wildman–Crippen MR) is 86.3 cm³/mol. The molecule has 0 aliphatic rings. The molecule has 2 N–H and O–H groups in total. The molecular weight excluding hydrogens is 288 g/mol. The molecule has 0 fully saturated rings. The molecule has 5 nitrogen and oxygen atoms in total. The molecule has 0 aliphatic heterocycles. The Morgan fingerprint density at radius 1 is 1.24 bits per heavy atom. The predicted octanol–water partition coefficient (Wildman–Crippen LogP) is 2.04. The van der Waals surface area contributed by atoms with Crippen LogP contribution >= 0.6 is 11.8 Å². The first-order valence-electron chi connectivity index (χ1n) is 6.92. The molecule has 0 aliphatic carbocycles. The number of methoxy groups -OCH3 is 2. The van der Waals surface area contributed by atoms with Gasteiger partial charge in [-0.1, -0.05) is 0 Å². The van der Waals surface area contributed by atoms with Gasteiger partial charge in [-0.25, -0.2) is 0 Å². The minimum atomic E-state index is 0.0717. The van der Waals surface area contributed by atoms with E-state index >= 15 is 0 Å². The smallest absolute Gasteiger partial charge is 0.221 e. The lowest BCUT2D eigenvalue weighted by Gasteiger charge is -2.14. The molecule has 0 spiro atoms. The number of amides is 1. The van der Waals surface area contributed by atoms with Gasteiger partial charge < -0.3 is 20.1 Å². The lowest BCUT2D eigenvalue weighted by molar-refractivity contribution is -0.120. The minimum Gasteiger partial charge on any atom is -0.493 e. The van der Waals surface area contributed by atoms with Crippen molar-refractivity contribution in [2.75, 3.05) is 33.6 Å². The number of carbonyl (C=O) groups is 1. The van der Waals surface area contributed by atoms with Crippen molar-refractivity contribution in [3.8, 4) is 11.5 Å². The first-order chi connectivity index (χ1) is 10.2. The molecular formula is C15H24N2O3S. The van der Waals surface area contributed by atoms with E-state index in [4.69, 9.17) is 9.47 Å². The van der Waals surface area contributed by atoms with Crippen LogP contribution in [0, 0.1) is 0 Å². The molecule has 0 aromatic heterocycles. The Balaban J connectivity index is 2.63. The summed E-state index contributed by atoms with van der Waals surface area (Å²) in [6, 6.07) is 3.95. The summed E-state index contributed by atoms with van der Waals surface area (Å²) in [5.74, 6) is 1.52. The van der Waals surface area contributed by atoms with Crippen LogP contribution in [0.15, 0.2) is 17.0 Å². The molecule has 1 amide bonds. The van der Waals surface area contributed by atoms with Gasteiger partial charge in [0.15, 0.2) is 11.5 Å². The summed E-state index contributed by atoms with van der Waals surface area (Å²) in [4.78, 5) is 12.5. The molecule has 0 saturated carbocycles. The van der Waals surface area contributed by atoms with Gasteiger partial charge in [0.1, 0.15) is 0 Å². The third kappa shape index (κ3) is 5.47. The molecule has 0 unspecified atom stereocenters. The molecule has 0 saturated heterocycles. The fourth-order valence-electron chi connectivity index (χ4n) is 1.94. The third-order valence-electron chi connectivity index (χ3n) is 3.00. The number of ether oxygens (including phenoxy) is 2. The zero-order valence-corrected chi connectivity index (χ0v) is 13.9. The van der Waals surface area contributed by atoms with Crippen LogP contribution in [-0.4, -0.2) is 39.5 Å². The topological polar surface area (TPSA) is 59.6 Å². The van der Waals surface area contributed by atoms with Crippen molar-refractivity contribution < 1.29 is 14.3 Å². The molecule has 0 radical (unpaired) electrons. The van der Waals surface area contributed by atoms with Crippen LogP contribution in [0.1, 0.15) is 18.9 Å². The fraction of sp³-hybridized carbons (Fsp3) is 0.533.